The number of halogens is 1. The predicted octanol–water partition coefficient (Wildman–Crippen LogP) is 3.99. The Morgan fingerprint density at radius 3 is 2.52 bits per heavy atom. The Labute approximate surface area is 159 Å². The summed E-state index contributed by atoms with van der Waals surface area (Å²) < 4.78 is 1.51. The average Bonchev–Trinajstić information content (AvgIpc) is 3.36. The third-order valence-electron chi connectivity index (χ3n) is 4.31. The lowest BCUT2D eigenvalue weighted by Gasteiger charge is -2.09. The zero-order chi connectivity index (χ0) is 19.0. The van der Waals surface area contributed by atoms with Gasteiger partial charge in [-0.25, -0.2) is 4.68 Å². The van der Waals surface area contributed by atoms with Crippen molar-refractivity contribution in [3.05, 3.63) is 75.4 Å². The quantitative estimate of drug-likeness (QED) is 0.533. The number of carbonyl (C=O) groups excluding carboxylic acids is 1. The number of nitrogens with zero attached hydrogens (tertiary/aromatic N) is 3. The first kappa shape index (κ1) is 17.2. The molecule has 27 heavy (non-hydrogen) atoms. The van der Waals surface area contributed by atoms with Crippen LogP contribution in [0.3, 0.4) is 0 Å². The number of rotatable bonds is 5. The summed E-state index contributed by atoms with van der Waals surface area (Å²) in [6, 6.07) is 15.0. The van der Waals surface area contributed by atoms with Crippen LogP contribution in [0, 0.1) is 10.1 Å². The maximum Gasteiger partial charge on any atom is 0.270 e. The molecule has 1 aromatic heterocycles. The molecular formula is C19H15ClN4O3. The first-order chi connectivity index (χ1) is 13.0. The maximum atomic E-state index is 12.7. The van der Waals surface area contributed by atoms with E-state index >= 15 is 0 Å². The highest BCUT2D eigenvalue weighted by atomic mass is 35.5. The number of nitro groups is 1. The van der Waals surface area contributed by atoms with Crippen LogP contribution in [0.25, 0.3) is 16.9 Å². The minimum Gasteiger partial charge on any atom is -0.348 e. The van der Waals surface area contributed by atoms with Crippen molar-refractivity contribution in [1.29, 1.82) is 0 Å². The van der Waals surface area contributed by atoms with Gasteiger partial charge in [0.25, 0.3) is 11.6 Å². The highest BCUT2D eigenvalue weighted by Gasteiger charge is 2.27. The fraction of sp³-hybridized carbons (Fsp3) is 0.158. The summed E-state index contributed by atoms with van der Waals surface area (Å²) >= 11 is 6.30. The van der Waals surface area contributed by atoms with E-state index < -0.39 is 4.92 Å². The van der Waals surface area contributed by atoms with E-state index in [9.17, 15) is 14.9 Å². The monoisotopic (exact) mass is 382 g/mol. The number of benzene rings is 2. The van der Waals surface area contributed by atoms with Crippen molar-refractivity contribution in [2.75, 3.05) is 0 Å². The van der Waals surface area contributed by atoms with Gasteiger partial charge in [0.05, 0.1) is 21.3 Å². The maximum absolute atomic E-state index is 12.7. The van der Waals surface area contributed by atoms with Gasteiger partial charge in [0.1, 0.15) is 5.69 Å². The van der Waals surface area contributed by atoms with Gasteiger partial charge in [0, 0.05) is 23.7 Å². The molecule has 1 fully saturated rings. The van der Waals surface area contributed by atoms with Gasteiger partial charge in [-0.1, -0.05) is 23.7 Å². The Hall–Kier alpha value is -3.19. The molecule has 4 rings (SSSR count). The van der Waals surface area contributed by atoms with Crippen LogP contribution in [-0.2, 0) is 0 Å². The number of hydrogen-bond acceptors (Lipinski definition) is 4. The van der Waals surface area contributed by atoms with Crippen LogP contribution in [0.5, 0.6) is 0 Å². The summed E-state index contributed by atoms with van der Waals surface area (Å²) in [5, 5.41) is 18.8. The predicted molar refractivity (Wildman–Crippen MR) is 101 cm³/mol. The zero-order valence-corrected chi connectivity index (χ0v) is 14.9. The van der Waals surface area contributed by atoms with E-state index in [1.54, 1.807) is 36.4 Å². The molecule has 3 aromatic rings. The summed E-state index contributed by atoms with van der Waals surface area (Å²) in [4.78, 5) is 23.1. The topological polar surface area (TPSA) is 90.1 Å². The van der Waals surface area contributed by atoms with E-state index in [4.69, 9.17) is 11.6 Å². The first-order valence-electron chi connectivity index (χ1n) is 8.43. The normalized spacial score (nSPS) is 13.4. The molecule has 1 N–H and O–H groups in total. The molecule has 0 aliphatic heterocycles. The summed E-state index contributed by atoms with van der Waals surface area (Å²) in [7, 11) is 0. The summed E-state index contributed by atoms with van der Waals surface area (Å²) in [6.07, 6.45) is 1.95. The Kier molecular flexibility index (Phi) is 4.37. The molecule has 0 unspecified atom stereocenters. The van der Waals surface area contributed by atoms with Crippen molar-refractivity contribution in [2.24, 2.45) is 0 Å². The van der Waals surface area contributed by atoms with Crippen LogP contribution in [0.1, 0.15) is 23.3 Å². The molecule has 2 aromatic carbocycles. The number of non-ortho nitro benzene ring substituents is 1. The molecule has 136 valence electrons. The smallest absolute Gasteiger partial charge is 0.270 e. The largest absolute Gasteiger partial charge is 0.348 e. The molecule has 7 nitrogen and oxygen atoms in total. The van der Waals surface area contributed by atoms with Crippen molar-refractivity contribution < 1.29 is 9.72 Å². The van der Waals surface area contributed by atoms with E-state index in [0.717, 1.165) is 12.8 Å². The molecule has 1 heterocycles. The van der Waals surface area contributed by atoms with Crippen LogP contribution in [0.2, 0.25) is 5.02 Å². The molecule has 1 saturated carbocycles. The summed E-state index contributed by atoms with van der Waals surface area (Å²) in [5.74, 6) is -0.224. The van der Waals surface area contributed by atoms with Crippen LogP contribution in [-0.4, -0.2) is 26.7 Å². The average molecular weight is 383 g/mol. The van der Waals surface area contributed by atoms with Gasteiger partial charge < -0.3 is 5.32 Å². The minimum absolute atomic E-state index is 0.00372. The Morgan fingerprint density at radius 2 is 1.89 bits per heavy atom. The van der Waals surface area contributed by atoms with Crippen molar-refractivity contribution in [2.45, 2.75) is 18.9 Å². The SMILES string of the molecule is O=C(NC1CC1)c1cc(-c2ccc([N+](=O)[O-])cc2)nn1-c1ccccc1Cl. The van der Waals surface area contributed by atoms with Gasteiger partial charge in [-0.05, 0) is 43.2 Å². The second-order valence-electron chi connectivity index (χ2n) is 6.33. The van der Waals surface area contributed by atoms with Gasteiger partial charge >= 0.3 is 0 Å². The number of hydrogen-bond donors (Lipinski definition) is 1. The van der Waals surface area contributed by atoms with E-state index in [-0.39, 0.29) is 17.6 Å². The van der Waals surface area contributed by atoms with E-state index in [0.29, 0.717) is 27.7 Å². The fourth-order valence-corrected chi connectivity index (χ4v) is 2.95. The molecule has 0 radical (unpaired) electrons. The number of para-hydroxylation sites is 1. The zero-order valence-electron chi connectivity index (χ0n) is 14.1. The highest BCUT2D eigenvalue weighted by Crippen LogP contribution is 2.27. The van der Waals surface area contributed by atoms with Crippen molar-refractivity contribution in [3.63, 3.8) is 0 Å². The minimum atomic E-state index is -0.458. The van der Waals surface area contributed by atoms with Crippen LogP contribution in [0.15, 0.2) is 54.6 Å². The number of aromatic nitrogens is 2. The lowest BCUT2D eigenvalue weighted by molar-refractivity contribution is -0.384. The lowest BCUT2D eigenvalue weighted by atomic mass is 10.1. The van der Waals surface area contributed by atoms with Crippen LogP contribution >= 0.6 is 11.6 Å². The molecule has 8 heteroatoms. The first-order valence-corrected chi connectivity index (χ1v) is 8.81. The molecular weight excluding hydrogens is 368 g/mol. The molecule has 1 amide bonds. The molecule has 0 bridgehead atoms. The fourth-order valence-electron chi connectivity index (χ4n) is 2.73. The number of amides is 1. The summed E-state index contributed by atoms with van der Waals surface area (Å²) in [5.41, 5.74) is 2.16. The summed E-state index contributed by atoms with van der Waals surface area (Å²) in [6.45, 7) is 0. The third-order valence-corrected chi connectivity index (χ3v) is 4.63. The molecule has 0 saturated heterocycles. The molecule has 1 aliphatic carbocycles. The number of carbonyl (C=O) groups is 1. The lowest BCUT2D eigenvalue weighted by Crippen LogP contribution is -2.27. The Balaban J connectivity index is 1.78. The third kappa shape index (κ3) is 3.54. The number of nitro benzene ring substituents is 1. The van der Waals surface area contributed by atoms with E-state index in [2.05, 4.69) is 10.4 Å². The van der Waals surface area contributed by atoms with Gasteiger partial charge in [0.15, 0.2) is 0 Å². The van der Waals surface area contributed by atoms with Gasteiger partial charge in [-0.3, -0.25) is 14.9 Å². The molecule has 1 aliphatic rings. The highest BCUT2D eigenvalue weighted by molar-refractivity contribution is 6.32. The van der Waals surface area contributed by atoms with Gasteiger partial charge in [-0.15, -0.1) is 0 Å². The van der Waals surface area contributed by atoms with Crippen LogP contribution < -0.4 is 5.32 Å². The van der Waals surface area contributed by atoms with Gasteiger partial charge in [-0.2, -0.15) is 5.10 Å². The van der Waals surface area contributed by atoms with Gasteiger partial charge in [0.2, 0.25) is 0 Å². The van der Waals surface area contributed by atoms with E-state index in [1.807, 2.05) is 6.07 Å². The second kappa shape index (κ2) is 6.85. The Morgan fingerprint density at radius 1 is 1.19 bits per heavy atom. The second-order valence-corrected chi connectivity index (χ2v) is 6.74. The standard InChI is InChI=1S/C19H15ClN4O3/c20-15-3-1-2-4-17(15)23-18(19(25)21-13-7-8-13)11-16(22-23)12-5-9-14(10-6-12)24(26)27/h1-6,9-11,13H,7-8H2,(H,21,25). The van der Waals surface area contributed by atoms with Crippen LogP contribution in [0.4, 0.5) is 5.69 Å². The Bertz CT molecular complexity index is 1030. The molecule has 0 spiro atoms. The van der Waals surface area contributed by atoms with Crippen molar-refractivity contribution in [3.8, 4) is 16.9 Å². The molecule has 0 atom stereocenters. The number of nitrogens with one attached hydrogen (secondary N) is 1. The van der Waals surface area contributed by atoms with Crippen molar-refractivity contribution >= 4 is 23.2 Å². The van der Waals surface area contributed by atoms with E-state index in [1.165, 1.54) is 16.8 Å². The van der Waals surface area contributed by atoms with Crippen molar-refractivity contribution in [1.82, 2.24) is 15.1 Å².